The van der Waals surface area contributed by atoms with Crippen molar-refractivity contribution in [1.82, 2.24) is 25.2 Å². The highest BCUT2D eigenvalue weighted by Crippen LogP contribution is 2.18. The van der Waals surface area contributed by atoms with Gasteiger partial charge in [0.15, 0.2) is 5.11 Å². The van der Waals surface area contributed by atoms with Gasteiger partial charge in [-0.05, 0) is 73.8 Å². The smallest absolute Gasteiger partial charge is 0.169 e. The van der Waals surface area contributed by atoms with Crippen LogP contribution in [0.3, 0.4) is 0 Å². The molecule has 7 heteroatoms. The van der Waals surface area contributed by atoms with Crippen LogP contribution >= 0.6 is 12.2 Å². The summed E-state index contributed by atoms with van der Waals surface area (Å²) in [6.07, 6.45) is 6.95. The highest BCUT2D eigenvalue weighted by atomic mass is 32.1. The zero-order valence-electron chi connectivity index (χ0n) is 17.6. The van der Waals surface area contributed by atoms with Crippen LogP contribution in [0, 0.1) is 13.8 Å². The fourth-order valence-corrected chi connectivity index (χ4v) is 4.00. The molecule has 3 heterocycles. The van der Waals surface area contributed by atoms with Crippen LogP contribution in [0.15, 0.2) is 36.7 Å². The van der Waals surface area contributed by atoms with Gasteiger partial charge in [-0.2, -0.15) is 0 Å². The summed E-state index contributed by atoms with van der Waals surface area (Å²) in [5, 5.41) is 4.15. The van der Waals surface area contributed by atoms with E-state index >= 15 is 0 Å². The van der Waals surface area contributed by atoms with Crippen molar-refractivity contribution < 1.29 is 4.74 Å². The summed E-state index contributed by atoms with van der Waals surface area (Å²) in [7, 11) is 0. The van der Waals surface area contributed by atoms with E-state index in [-0.39, 0.29) is 6.10 Å². The Morgan fingerprint density at radius 1 is 1.33 bits per heavy atom. The van der Waals surface area contributed by atoms with Gasteiger partial charge in [0.05, 0.1) is 17.1 Å². The third-order valence-electron chi connectivity index (χ3n) is 5.65. The first-order chi connectivity index (χ1) is 14.6. The van der Waals surface area contributed by atoms with Crippen LogP contribution in [0.1, 0.15) is 35.4 Å². The molecular formula is C23H29N5OS. The summed E-state index contributed by atoms with van der Waals surface area (Å²) >= 11 is 5.73. The monoisotopic (exact) mass is 423 g/mol. The number of hydrogen-bond acceptors (Lipinski definition) is 4. The highest BCUT2D eigenvalue weighted by Gasteiger charge is 2.18. The van der Waals surface area contributed by atoms with E-state index in [1.165, 1.54) is 11.1 Å². The molecule has 30 heavy (non-hydrogen) atoms. The second-order valence-corrected chi connectivity index (χ2v) is 8.38. The van der Waals surface area contributed by atoms with Crippen LogP contribution in [0.2, 0.25) is 0 Å². The van der Waals surface area contributed by atoms with Gasteiger partial charge in [-0.25, -0.2) is 4.98 Å². The van der Waals surface area contributed by atoms with E-state index in [0.29, 0.717) is 6.54 Å². The molecule has 1 fully saturated rings. The molecule has 1 saturated heterocycles. The van der Waals surface area contributed by atoms with Gasteiger partial charge in [0.25, 0.3) is 0 Å². The number of aromatic nitrogens is 3. The molecule has 6 nitrogen and oxygen atoms in total. The van der Waals surface area contributed by atoms with Crippen molar-refractivity contribution in [2.75, 3.05) is 19.7 Å². The van der Waals surface area contributed by atoms with Crippen LogP contribution in [0.25, 0.3) is 11.0 Å². The zero-order valence-corrected chi connectivity index (χ0v) is 18.5. The van der Waals surface area contributed by atoms with Crippen molar-refractivity contribution in [3.63, 3.8) is 0 Å². The van der Waals surface area contributed by atoms with E-state index in [1.807, 2.05) is 12.3 Å². The first-order valence-corrected chi connectivity index (χ1v) is 11.0. The summed E-state index contributed by atoms with van der Waals surface area (Å²) in [5.41, 5.74) is 5.78. The first kappa shape index (κ1) is 20.8. The molecule has 1 aliphatic heterocycles. The van der Waals surface area contributed by atoms with Gasteiger partial charge < -0.3 is 19.9 Å². The van der Waals surface area contributed by atoms with E-state index in [1.54, 1.807) is 6.20 Å². The van der Waals surface area contributed by atoms with Crippen LogP contribution in [0.4, 0.5) is 0 Å². The Bertz CT molecular complexity index is 959. The highest BCUT2D eigenvalue weighted by molar-refractivity contribution is 7.80. The lowest BCUT2D eigenvalue weighted by atomic mass is 10.1. The number of nitrogens with zero attached hydrogens (tertiary/aromatic N) is 3. The fourth-order valence-electron chi connectivity index (χ4n) is 3.76. The maximum atomic E-state index is 5.73. The quantitative estimate of drug-likeness (QED) is 0.565. The van der Waals surface area contributed by atoms with Crippen molar-refractivity contribution in [2.24, 2.45) is 0 Å². The maximum absolute atomic E-state index is 5.73. The SMILES string of the molecule is Cc1cc2nc(CCN(Cc3cccnc3)C(=S)NCC3CCCO3)[nH]c2cc1C. The molecule has 2 aromatic heterocycles. The molecule has 0 bridgehead atoms. The van der Waals surface area contributed by atoms with Crippen molar-refractivity contribution in [3.8, 4) is 0 Å². The Morgan fingerprint density at radius 3 is 2.97 bits per heavy atom. The molecule has 0 amide bonds. The lowest BCUT2D eigenvalue weighted by Crippen LogP contribution is -2.43. The molecule has 4 rings (SSSR count). The van der Waals surface area contributed by atoms with Crippen molar-refractivity contribution >= 4 is 28.4 Å². The number of rotatable bonds is 7. The number of nitrogens with one attached hydrogen (secondary N) is 2. The number of fused-ring (bicyclic) bond motifs is 1. The number of pyridine rings is 1. The Hall–Kier alpha value is -2.51. The maximum Gasteiger partial charge on any atom is 0.169 e. The molecule has 1 unspecified atom stereocenters. The summed E-state index contributed by atoms with van der Waals surface area (Å²) in [4.78, 5) is 14.7. The Labute approximate surface area is 183 Å². The number of thiocarbonyl (C=S) groups is 1. The van der Waals surface area contributed by atoms with E-state index in [9.17, 15) is 0 Å². The summed E-state index contributed by atoms with van der Waals surface area (Å²) in [6.45, 7) is 7.34. The summed E-state index contributed by atoms with van der Waals surface area (Å²) in [5.74, 6) is 0.980. The van der Waals surface area contributed by atoms with Gasteiger partial charge in [-0.15, -0.1) is 0 Å². The number of ether oxygens (including phenoxy) is 1. The third-order valence-corrected chi connectivity index (χ3v) is 6.06. The molecule has 0 radical (unpaired) electrons. The molecule has 0 aliphatic carbocycles. The molecule has 3 aromatic rings. The lowest BCUT2D eigenvalue weighted by molar-refractivity contribution is 0.113. The lowest BCUT2D eigenvalue weighted by Gasteiger charge is -2.26. The number of aryl methyl sites for hydroxylation is 2. The van der Waals surface area contributed by atoms with Gasteiger partial charge in [0, 0.05) is 45.1 Å². The first-order valence-electron chi connectivity index (χ1n) is 10.6. The average Bonchev–Trinajstić information content (AvgIpc) is 3.40. The second-order valence-electron chi connectivity index (χ2n) is 7.99. The van der Waals surface area contributed by atoms with Crippen LogP contribution in [0.5, 0.6) is 0 Å². The van der Waals surface area contributed by atoms with Crippen LogP contribution in [-0.2, 0) is 17.7 Å². The minimum Gasteiger partial charge on any atom is -0.376 e. The van der Waals surface area contributed by atoms with Gasteiger partial charge in [-0.1, -0.05) is 6.07 Å². The zero-order chi connectivity index (χ0) is 20.9. The van der Waals surface area contributed by atoms with Crippen molar-refractivity contribution in [3.05, 3.63) is 59.2 Å². The van der Waals surface area contributed by atoms with Crippen LogP contribution < -0.4 is 5.32 Å². The normalized spacial score (nSPS) is 16.1. The summed E-state index contributed by atoms with van der Waals surface area (Å²) < 4.78 is 5.72. The fraction of sp³-hybridized carbons (Fsp3) is 0.435. The van der Waals surface area contributed by atoms with E-state index in [0.717, 1.165) is 66.5 Å². The van der Waals surface area contributed by atoms with E-state index in [2.05, 4.69) is 52.2 Å². The minimum absolute atomic E-state index is 0.255. The average molecular weight is 424 g/mol. The van der Waals surface area contributed by atoms with Gasteiger partial charge in [0.1, 0.15) is 5.82 Å². The molecule has 1 aromatic carbocycles. The molecule has 0 saturated carbocycles. The molecule has 2 N–H and O–H groups in total. The van der Waals surface area contributed by atoms with E-state index in [4.69, 9.17) is 21.9 Å². The molecular weight excluding hydrogens is 394 g/mol. The van der Waals surface area contributed by atoms with Crippen LogP contribution in [-0.4, -0.2) is 50.8 Å². The number of imidazole rings is 1. The topological polar surface area (TPSA) is 66.1 Å². The predicted molar refractivity (Wildman–Crippen MR) is 123 cm³/mol. The molecule has 158 valence electrons. The van der Waals surface area contributed by atoms with Gasteiger partial charge >= 0.3 is 0 Å². The van der Waals surface area contributed by atoms with Gasteiger partial charge in [-0.3, -0.25) is 4.98 Å². The molecule has 1 aliphatic rings. The Balaban J connectivity index is 1.43. The number of H-pyrrole nitrogens is 1. The molecule has 1 atom stereocenters. The Morgan fingerprint density at radius 2 is 2.20 bits per heavy atom. The Kier molecular flexibility index (Phi) is 6.59. The van der Waals surface area contributed by atoms with Crippen molar-refractivity contribution in [2.45, 2.75) is 45.8 Å². The standard InChI is InChI=1S/C23H29N5OS/c1-16-11-20-21(12-17(16)2)27-22(26-20)7-9-28(15-18-5-3-8-24-13-18)23(30)25-14-19-6-4-10-29-19/h3,5,8,11-13,19H,4,6-7,9-10,14-15H2,1-2H3,(H,25,30)(H,26,27). The second kappa shape index (κ2) is 9.53. The number of benzene rings is 1. The molecule has 0 spiro atoms. The number of aromatic amines is 1. The van der Waals surface area contributed by atoms with E-state index < -0.39 is 0 Å². The third kappa shape index (κ3) is 5.15. The van der Waals surface area contributed by atoms with Crippen molar-refractivity contribution in [1.29, 1.82) is 0 Å². The largest absolute Gasteiger partial charge is 0.376 e. The summed E-state index contributed by atoms with van der Waals surface area (Å²) in [6, 6.07) is 8.35. The van der Waals surface area contributed by atoms with Gasteiger partial charge in [0.2, 0.25) is 0 Å². The number of hydrogen-bond donors (Lipinski definition) is 2. The predicted octanol–water partition coefficient (Wildman–Crippen LogP) is 3.67. The minimum atomic E-state index is 0.255.